The molecule has 1 aromatic rings. The molecular formula is C26H32N2O3. The quantitative estimate of drug-likeness (QED) is 0.658. The van der Waals surface area contributed by atoms with Crippen LogP contribution in [-0.4, -0.2) is 36.4 Å². The zero-order valence-electron chi connectivity index (χ0n) is 18.5. The number of amides is 1. The zero-order valence-corrected chi connectivity index (χ0v) is 18.5. The standard InChI is InChI=1S/C26H32N2O3/c1-30-22-8-7-19(12-23(22)31-2)24-20-5-3-4-6-21(20)25(29)28(27-24)26-13-16-9-17(14-26)11-18(10-16)15-26/h3-4,7-8,12,16-18,20-21H,5-6,9-11,13-15H2,1-2H3/t16?,17?,18?,20-,21+,26?/m0/s1. The fourth-order valence-electron chi connectivity index (χ4n) is 7.71. The number of carbonyl (C=O) groups is 1. The van der Waals surface area contributed by atoms with E-state index in [0.717, 1.165) is 66.9 Å². The predicted octanol–water partition coefficient (Wildman–Crippen LogP) is 4.80. The predicted molar refractivity (Wildman–Crippen MR) is 119 cm³/mol. The van der Waals surface area contributed by atoms with Crippen LogP contribution in [0.2, 0.25) is 0 Å². The molecule has 1 amide bonds. The van der Waals surface area contributed by atoms with E-state index in [4.69, 9.17) is 14.6 Å². The van der Waals surface area contributed by atoms with Gasteiger partial charge in [0.1, 0.15) is 0 Å². The second-order valence-electron chi connectivity index (χ2n) is 10.5. The SMILES string of the molecule is COc1ccc(C2=NN(C34CC5CC(CC(C5)C3)C4)C(=O)[C@@H]3CC=CC[C@H]23)cc1OC. The van der Waals surface area contributed by atoms with Crippen molar-refractivity contribution in [2.75, 3.05) is 14.2 Å². The summed E-state index contributed by atoms with van der Waals surface area (Å²) in [5.74, 6) is 4.17. The molecule has 0 spiro atoms. The van der Waals surface area contributed by atoms with E-state index in [-0.39, 0.29) is 23.3 Å². The van der Waals surface area contributed by atoms with Gasteiger partial charge < -0.3 is 9.47 Å². The van der Waals surface area contributed by atoms with E-state index >= 15 is 0 Å². The maximum atomic E-state index is 13.8. The lowest BCUT2D eigenvalue weighted by Crippen LogP contribution is -2.63. The minimum absolute atomic E-state index is 0.00130. The summed E-state index contributed by atoms with van der Waals surface area (Å²) >= 11 is 0. The lowest BCUT2D eigenvalue weighted by Gasteiger charge is -2.60. The Hall–Kier alpha value is -2.30. The molecule has 5 heteroatoms. The third kappa shape index (κ3) is 2.95. The number of methoxy groups -OCH3 is 2. The molecule has 7 rings (SSSR count). The molecule has 1 heterocycles. The van der Waals surface area contributed by atoms with Crippen LogP contribution in [0.1, 0.15) is 56.9 Å². The summed E-state index contributed by atoms with van der Waals surface area (Å²) in [7, 11) is 3.33. The molecule has 0 unspecified atom stereocenters. The van der Waals surface area contributed by atoms with Crippen LogP contribution in [0.4, 0.5) is 0 Å². The Labute approximate surface area is 184 Å². The van der Waals surface area contributed by atoms with Crippen molar-refractivity contribution >= 4 is 11.6 Å². The summed E-state index contributed by atoms with van der Waals surface area (Å²) in [6, 6.07) is 6.06. The normalized spacial score (nSPS) is 38.1. The highest BCUT2D eigenvalue weighted by Crippen LogP contribution is 2.59. The number of benzene rings is 1. The van der Waals surface area contributed by atoms with Crippen LogP contribution >= 0.6 is 0 Å². The first kappa shape index (κ1) is 19.4. The van der Waals surface area contributed by atoms with Gasteiger partial charge in [0.2, 0.25) is 5.91 Å². The van der Waals surface area contributed by atoms with Crippen LogP contribution in [0, 0.1) is 29.6 Å². The van der Waals surface area contributed by atoms with E-state index in [2.05, 4.69) is 18.2 Å². The lowest BCUT2D eigenvalue weighted by atomic mass is 9.52. The fourth-order valence-corrected chi connectivity index (χ4v) is 7.71. The average molecular weight is 421 g/mol. The minimum Gasteiger partial charge on any atom is -0.493 e. The van der Waals surface area contributed by atoms with Gasteiger partial charge in [-0.05, 0) is 87.3 Å². The number of ether oxygens (including phenoxy) is 2. The van der Waals surface area contributed by atoms with Gasteiger partial charge >= 0.3 is 0 Å². The van der Waals surface area contributed by atoms with Crippen LogP contribution in [0.3, 0.4) is 0 Å². The van der Waals surface area contributed by atoms with E-state index < -0.39 is 0 Å². The average Bonchev–Trinajstić information content (AvgIpc) is 2.78. The second kappa shape index (κ2) is 7.11. The number of carbonyl (C=O) groups excluding carboxylic acids is 1. The maximum absolute atomic E-state index is 13.8. The number of hydrogen-bond acceptors (Lipinski definition) is 4. The third-order valence-electron chi connectivity index (χ3n) is 8.65. The summed E-state index contributed by atoms with van der Waals surface area (Å²) in [6.45, 7) is 0. The van der Waals surface area contributed by atoms with Gasteiger partial charge in [0.25, 0.3) is 0 Å². The van der Waals surface area contributed by atoms with Gasteiger partial charge in [-0.3, -0.25) is 4.79 Å². The molecule has 5 aliphatic carbocycles. The highest BCUT2D eigenvalue weighted by Gasteiger charge is 2.57. The Balaban J connectivity index is 1.45. The Morgan fingerprint density at radius 1 is 0.903 bits per heavy atom. The molecule has 0 saturated heterocycles. The molecule has 6 aliphatic rings. The van der Waals surface area contributed by atoms with Crippen LogP contribution in [0.25, 0.3) is 0 Å². The van der Waals surface area contributed by atoms with E-state index in [1.54, 1.807) is 14.2 Å². The third-order valence-corrected chi connectivity index (χ3v) is 8.65. The molecule has 31 heavy (non-hydrogen) atoms. The molecule has 0 N–H and O–H groups in total. The number of nitrogens with zero attached hydrogens (tertiary/aromatic N) is 2. The smallest absolute Gasteiger partial charge is 0.247 e. The Kier molecular flexibility index (Phi) is 4.45. The summed E-state index contributed by atoms with van der Waals surface area (Å²) in [5, 5.41) is 7.21. The van der Waals surface area contributed by atoms with Crippen LogP contribution in [0.15, 0.2) is 35.5 Å². The van der Waals surface area contributed by atoms with Crippen molar-refractivity contribution in [3.8, 4) is 11.5 Å². The number of fused-ring (bicyclic) bond motifs is 1. The molecule has 1 aliphatic heterocycles. The summed E-state index contributed by atoms with van der Waals surface area (Å²) < 4.78 is 11.0. The summed E-state index contributed by atoms with van der Waals surface area (Å²) in [5.41, 5.74) is 2.04. The van der Waals surface area contributed by atoms with Crippen molar-refractivity contribution in [1.29, 1.82) is 0 Å². The summed E-state index contributed by atoms with van der Waals surface area (Å²) in [4.78, 5) is 13.8. The maximum Gasteiger partial charge on any atom is 0.247 e. The van der Waals surface area contributed by atoms with E-state index in [1.165, 1.54) is 19.3 Å². The molecule has 4 bridgehead atoms. The van der Waals surface area contributed by atoms with Gasteiger partial charge in [0.05, 0.1) is 31.4 Å². The highest BCUT2D eigenvalue weighted by molar-refractivity contribution is 6.07. The Morgan fingerprint density at radius 2 is 1.52 bits per heavy atom. The van der Waals surface area contributed by atoms with E-state index in [1.807, 2.05) is 17.1 Å². The molecule has 5 nitrogen and oxygen atoms in total. The topological polar surface area (TPSA) is 51.1 Å². The van der Waals surface area contributed by atoms with Gasteiger partial charge in [0, 0.05) is 11.5 Å². The van der Waals surface area contributed by atoms with Gasteiger partial charge in [0.15, 0.2) is 11.5 Å². The van der Waals surface area contributed by atoms with Crippen LogP contribution < -0.4 is 9.47 Å². The Bertz CT molecular complexity index is 930. The highest BCUT2D eigenvalue weighted by atomic mass is 16.5. The Morgan fingerprint density at radius 3 is 2.13 bits per heavy atom. The largest absolute Gasteiger partial charge is 0.493 e. The first-order chi connectivity index (χ1) is 15.1. The second-order valence-corrected chi connectivity index (χ2v) is 10.5. The van der Waals surface area contributed by atoms with Crippen molar-refractivity contribution in [1.82, 2.24) is 5.01 Å². The van der Waals surface area contributed by atoms with Gasteiger partial charge in [-0.25, -0.2) is 5.01 Å². The van der Waals surface area contributed by atoms with Crippen LogP contribution in [0.5, 0.6) is 11.5 Å². The monoisotopic (exact) mass is 420 g/mol. The molecule has 4 saturated carbocycles. The number of rotatable bonds is 4. The molecule has 0 radical (unpaired) electrons. The van der Waals surface area contributed by atoms with Crippen molar-refractivity contribution in [2.45, 2.75) is 56.9 Å². The van der Waals surface area contributed by atoms with E-state index in [0.29, 0.717) is 5.75 Å². The summed E-state index contributed by atoms with van der Waals surface area (Å²) in [6.07, 6.45) is 13.6. The molecule has 1 aromatic carbocycles. The first-order valence-corrected chi connectivity index (χ1v) is 11.9. The number of hydrazone groups is 1. The molecule has 0 aromatic heterocycles. The number of allylic oxidation sites excluding steroid dienone is 2. The van der Waals surface area contributed by atoms with Crippen molar-refractivity contribution in [2.24, 2.45) is 34.7 Å². The minimum atomic E-state index is -0.0558. The van der Waals surface area contributed by atoms with Crippen LogP contribution in [-0.2, 0) is 4.79 Å². The van der Waals surface area contributed by atoms with Gasteiger partial charge in [-0.1, -0.05) is 12.2 Å². The molecule has 2 atom stereocenters. The lowest BCUT2D eigenvalue weighted by molar-refractivity contribution is -0.158. The van der Waals surface area contributed by atoms with Gasteiger partial charge in [-0.2, -0.15) is 5.10 Å². The fraction of sp³-hybridized carbons (Fsp3) is 0.615. The zero-order chi connectivity index (χ0) is 21.2. The molecular weight excluding hydrogens is 388 g/mol. The first-order valence-electron chi connectivity index (χ1n) is 11.9. The van der Waals surface area contributed by atoms with Crippen molar-refractivity contribution in [3.05, 3.63) is 35.9 Å². The van der Waals surface area contributed by atoms with Crippen molar-refractivity contribution < 1.29 is 14.3 Å². The van der Waals surface area contributed by atoms with Crippen molar-refractivity contribution in [3.63, 3.8) is 0 Å². The number of hydrogen-bond donors (Lipinski definition) is 0. The molecule has 4 fully saturated rings. The van der Waals surface area contributed by atoms with Gasteiger partial charge in [-0.15, -0.1) is 0 Å². The van der Waals surface area contributed by atoms with E-state index in [9.17, 15) is 4.79 Å². The molecule has 164 valence electrons.